The van der Waals surface area contributed by atoms with Gasteiger partial charge in [-0.25, -0.2) is 4.98 Å². The van der Waals surface area contributed by atoms with Gasteiger partial charge in [0.2, 0.25) is 0 Å². The van der Waals surface area contributed by atoms with Crippen LogP contribution in [-0.2, 0) is 11.2 Å². The predicted molar refractivity (Wildman–Crippen MR) is 124 cm³/mol. The molecule has 0 radical (unpaired) electrons. The summed E-state index contributed by atoms with van der Waals surface area (Å²) in [6, 6.07) is 12.2. The number of fused-ring (bicyclic) bond motifs is 5. The first-order valence-electron chi connectivity index (χ1n) is 11.1. The molecule has 4 aromatic rings. The maximum Gasteiger partial charge on any atom is 0.159 e. The molecule has 0 amide bonds. The Labute approximate surface area is 185 Å². The van der Waals surface area contributed by atoms with Crippen molar-refractivity contribution >= 4 is 16.5 Å². The molecular weight excluding hydrogens is 402 g/mol. The molecule has 1 fully saturated rings. The fourth-order valence-electron chi connectivity index (χ4n) is 4.82. The molecule has 32 heavy (non-hydrogen) atoms. The first-order valence-corrected chi connectivity index (χ1v) is 11.1. The van der Waals surface area contributed by atoms with E-state index in [1.54, 1.807) is 6.07 Å². The fourth-order valence-corrected chi connectivity index (χ4v) is 4.82. The standard InChI is InChI=1S/C25H25N5O2/c1-2-14-7-18(31)4-6-19(14)15-3-5-20-22(8-15)29-30-24(20)25-27-11-23(28-25)21-9-17-13-32-12-16(21)10-26-17/h3-8,11,17,26,31H,2,9-10,12-13H2,1H3,(H,27,28)(H,29,30). The Morgan fingerprint density at radius 2 is 2.12 bits per heavy atom. The summed E-state index contributed by atoms with van der Waals surface area (Å²) >= 11 is 0. The molecule has 1 atom stereocenters. The van der Waals surface area contributed by atoms with Gasteiger partial charge in [0.05, 0.1) is 24.4 Å². The Bertz CT molecular complexity index is 1350. The normalized spacial score (nSPS) is 18.5. The monoisotopic (exact) mass is 427 g/mol. The number of aromatic hydroxyl groups is 1. The lowest BCUT2D eigenvalue weighted by Crippen LogP contribution is -2.35. The number of phenols is 1. The lowest BCUT2D eigenvalue weighted by Gasteiger charge is -2.22. The van der Waals surface area contributed by atoms with Crippen molar-refractivity contribution in [1.29, 1.82) is 0 Å². The number of H-pyrrole nitrogens is 2. The van der Waals surface area contributed by atoms with Crippen LogP contribution in [0.2, 0.25) is 0 Å². The second-order valence-corrected chi connectivity index (χ2v) is 8.54. The van der Waals surface area contributed by atoms with E-state index < -0.39 is 0 Å². The minimum Gasteiger partial charge on any atom is -0.508 e. The van der Waals surface area contributed by atoms with Crippen molar-refractivity contribution in [3.8, 4) is 28.4 Å². The molecule has 2 aromatic heterocycles. The van der Waals surface area contributed by atoms with Gasteiger partial charge >= 0.3 is 0 Å². The quantitative estimate of drug-likeness (QED) is 0.394. The lowest BCUT2D eigenvalue weighted by atomic mass is 9.95. The van der Waals surface area contributed by atoms with Crippen molar-refractivity contribution in [2.24, 2.45) is 0 Å². The molecule has 1 unspecified atom stereocenters. The van der Waals surface area contributed by atoms with Crippen molar-refractivity contribution in [2.75, 3.05) is 19.8 Å². The van der Waals surface area contributed by atoms with E-state index >= 15 is 0 Å². The molecule has 2 bridgehead atoms. The number of ether oxygens (including phenoxy) is 1. The van der Waals surface area contributed by atoms with E-state index in [1.165, 1.54) is 11.1 Å². The average Bonchev–Trinajstić information content (AvgIpc) is 3.34. The largest absolute Gasteiger partial charge is 0.508 e. The third-order valence-corrected chi connectivity index (χ3v) is 6.53. The second-order valence-electron chi connectivity index (χ2n) is 8.54. The van der Waals surface area contributed by atoms with Crippen molar-refractivity contribution < 1.29 is 9.84 Å². The molecule has 3 aliphatic heterocycles. The van der Waals surface area contributed by atoms with E-state index in [2.05, 4.69) is 45.6 Å². The number of imidazole rings is 1. The second kappa shape index (κ2) is 7.62. The van der Waals surface area contributed by atoms with Crippen LogP contribution < -0.4 is 5.32 Å². The van der Waals surface area contributed by atoms with E-state index in [0.717, 1.165) is 70.8 Å². The molecule has 4 N–H and O–H groups in total. The molecule has 7 rings (SSSR count). The van der Waals surface area contributed by atoms with Crippen LogP contribution in [0.4, 0.5) is 0 Å². The number of aromatic nitrogens is 4. The van der Waals surface area contributed by atoms with E-state index in [4.69, 9.17) is 9.72 Å². The van der Waals surface area contributed by atoms with Gasteiger partial charge in [-0.1, -0.05) is 19.1 Å². The van der Waals surface area contributed by atoms with Crippen molar-refractivity contribution in [3.63, 3.8) is 0 Å². The van der Waals surface area contributed by atoms with Gasteiger partial charge in [-0.2, -0.15) is 5.10 Å². The van der Waals surface area contributed by atoms with E-state index in [1.807, 2.05) is 18.3 Å². The first kappa shape index (κ1) is 19.3. The zero-order valence-corrected chi connectivity index (χ0v) is 17.9. The van der Waals surface area contributed by atoms with Gasteiger partial charge in [0.15, 0.2) is 5.82 Å². The van der Waals surface area contributed by atoms with Gasteiger partial charge in [0.1, 0.15) is 11.4 Å². The molecule has 1 saturated heterocycles. The van der Waals surface area contributed by atoms with Gasteiger partial charge in [-0.05, 0) is 64.9 Å². The maximum atomic E-state index is 9.82. The van der Waals surface area contributed by atoms with Gasteiger partial charge in [0, 0.05) is 24.2 Å². The molecule has 162 valence electrons. The highest BCUT2D eigenvalue weighted by Crippen LogP contribution is 2.34. The van der Waals surface area contributed by atoms with Crippen molar-refractivity contribution in [2.45, 2.75) is 25.8 Å². The summed E-state index contributed by atoms with van der Waals surface area (Å²) < 4.78 is 5.75. The minimum absolute atomic E-state index is 0.296. The predicted octanol–water partition coefficient (Wildman–Crippen LogP) is 4.03. The SMILES string of the molecule is CCc1cc(O)ccc1-c1ccc2c(-c3nc(C4=C5CNC(COC5)C4)c[nH]3)n[nH]c2c1. The van der Waals surface area contributed by atoms with Crippen LogP contribution in [0.25, 0.3) is 39.1 Å². The molecule has 2 aromatic carbocycles. The number of hydrogen-bond donors (Lipinski definition) is 4. The van der Waals surface area contributed by atoms with Crippen LogP contribution in [0.1, 0.15) is 24.6 Å². The van der Waals surface area contributed by atoms with E-state index in [-0.39, 0.29) is 0 Å². The number of rotatable bonds is 4. The highest BCUT2D eigenvalue weighted by molar-refractivity contribution is 5.94. The number of nitrogens with zero attached hydrogens (tertiary/aromatic N) is 2. The average molecular weight is 428 g/mol. The Morgan fingerprint density at radius 3 is 3.03 bits per heavy atom. The molecule has 3 aliphatic rings. The number of benzene rings is 2. The summed E-state index contributed by atoms with van der Waals surface area (Å²) in [5.41, 5.74) is 8.66. The minimum atomic E-state index is 0.296. The number of aromatic amines is 2. The van der Waals surface area contributed by atoms with Gasteiger partial charge in [-0.15, -0.1) is 0 Å². The highest BCUT2D eigenvalue weighted by atomic mass is 16.5. The van der Waals surface area contributed by atoms with Gasteiger partial charge < -0.3 is 20.1 Å². The summed E-state index contributed by atoms with van der Waals surface area (Å²) in [5, 5.41) is 22.1. The molecule has 7 nitrogen and oxygen atoms in total. The number of hydrogen-bond acceptors (Lipinski definition) is 5. The van der Waals surface area contributed by atoms with Crippen molar-refractivity contribution in [3.05, 3.63) is 59.4 Å². The topological polar surface area (TPSA) is 98.9 Å². The molecule has 0 aliphatic carbocycles. The summed E-state index contributed by atoms with van der Waals surface area (Å²) in [7, 11) is 0. The molecule has 5 heterocycles. The molecular formula is C25H25N5O2. The van der Waals surface area contributed by atoms with Crippen LogP contribution in [-0.4, -0.2) is 51.1 Å². The molecule has 7 heteroatoms. The number of phenolic OH excluding ortho intramolecular Hbond substituents is 1. The first-order chi connectivity index (χ1) is 15.7. The van der Waals surface area contributed by atoms with Gasteiger partial charge in [0.25, 0.3) is 0 Å². The Balaban J connectivity index is 1.36. The van der Waals surface area contributed by atoms with Crippen LogP contribution in [0.5, 0.6) is 5.75 Å². The van der Waals surface area contributed by atoms with E-state index in [0.29, 0.717) is 18.4 Å². The third kappa shape index (κ3) is 3.21. The zero-order valence-electron chi connectivity index (χ0n) is 17.9. The summed E-state index contributed by atoms with van der Waals surface area (Å²) in [6.45, 7) is 4.38. The molecule has 0 spiro atoms. The Hall–Kier alpha value is -3.42. The highest BCUT2D eigenvalue weighted by Gasteiger charge is 2.27. The molecule has 0 saturated carbocycles. The maximum absolute atomic E-state index is 9.82. The summed E-state index contributed by atoms with van der Waals surface area (Å²) in [6.07, 6.45) is 3.78. The lowest BCUT2D eigenvalue weighted by molar-refractivity contribution is 0.151. The zero-order chi connectivity index (χ0) is 21.7. The van der Waals surface area contributed by atoms with Crippen LogP contribution in [0.15, 0.2) is 48.2 Å². The van der Waals surface area contributed by atoms with Crippen LogP contribution >= 0.6 is 0 Å². The van der Waals surface area contributed by atoms with E-state index in [9.17, 15) is 5.11 Å². The number of nitrogens with one attached hydrogen (secondary N) is 3. The smallest absolute Gasteiger partial charge is 0.159 e. The Morgan fingerprint density at radius 1 is 1.19 bits per heavy atom. The summed E-state index contributed by atoms with van der Waals surface area (Å²) in [5.74, 6) is 1.06. The van der Waals surface area contributed by atoms with Crippen molar-refractivity contribution in [1.82, 2.24) is 25.5 Å². The third-order valence-electron chi connectivity index (χ3n) is 6.53. The summed E-state index contributed by atoms with van der Waals surface area (Å²) in [4.78, 5) is 8.23. The van der Waals surface area contributed by atoms with Crippen LogP contribution in [0.3, 0.4) is 0 Å². The van der Waals surface area contributed by atoms with Gasteiger partial charge in [-0.3, -0.25) is 5.10 Å². The fraction of sp³-hybridized carbons (Fsp3) is 0.280. The Kier molecular flexibility index (Phi) is 4.59. The number of aryl methyl sites for hydroxylation is 1. The van der Waals surface area contributed by atoms with Crippen LogP contribution in [0, 0.1) is 0 Å².